The number of hydrogen-bond acceptors (Lipinski definition) is 4. The number of hydrogen-bond donors (Lipinski definition) is 0. The summed E-state index contributed by atoms with van der Waals surface area (Å²) in [6, 6.07) is 16.3. The van der Waals surface area contributed by atoms with E-state index in [9.17, 15) is 4.79 Å². The molecule has 3 aromatic rings. The van der Waals surface area contributed by atoms with Crippen LogP contribution in [0.1, 0.15) is 62.2 Å². The van der Waals surface area contributed by atoms with E-state index in [0.29, 0.717) is 31.1 Å². The lowest BCUT2D eigenvalue weighted by molar-refractivity contribution is -0.129. The molecule has 0 saturated carbocycles. The topological polar surface area (TPSA) is 59.2 Å². The fraction of sp³-hybridized carbons (Fsp3) is 0.375. The van der Waals surface area contributed by atoms with E-state index in [2.05, 4.69) is 55.2 Å². The third-order valence-corrected chi connectivity index (χ3v) is 5.50. The second-order valence-corrected chi connectivity index (χ2v) is 8.85. The molecule has 5 heteroatoms. The van der Waals surface area contributed by atoms with E-state index in [-0.39, 0.29) is 17.4 Å². The maximum atomic E-state index is 12.5. The molecule has 2 aromatic carbocycles. The molecule has 0 bridgehead atoms. The van der Waals surface area contributed by atoms with Crippen molar-refractivity contribution in [3.8, 4) is 11.4 Å². The van der Waals surface area contributed by atoms with Crippen LogP contribution in [-0.4, -0.2) is 20.9 Å². The monoisotopic (exact) mass is 389 g/mol. The lowest BCUT2D eigenvalue weighted by Crippen LogP contribution is -2.27. The van der Waals surface area contributed by atoms with Gasteiger partial charge in [-0.1, -0.05) is 74.0 Å². The number of carbonyl (C=O) groups is 1. The third kappa shape index (κ3) is 4.09. The van der Waals surface area contributed by atoms with Gasteiger partial charge < -0.3 is 9.42 Å². The average Bonchev–Trinajstić information content (AvgIpc) is 3.29. The van der Waals surface area contributed by atoms with E-state index in [1.807, 2.05) is 36.1 Å². The van der Waals surface area contributed by atoms with Gasteiger partial charge in [0.1, 0.15) is 6.04 Å². The summed E-state index contributed by atoms with van der Waals surface area (Å²) in [6.07, 6.45) is 1.21. The number of carbonyl (C=O) groups excluding carboxylic acids is 1. The standard InChI is InChI=1S/C24H27N3O2/c1-16-6-5-7-18(14-16)22-25-23(29-26-22)20-12-13-21(28)27(20)15-17-8-10-19(11-9-17)24(2,3)4/h5-11,14,20H,12-13,15H2,1-4H3. The fourth-order valence-corrected chi connectivity index (χ4v) is 3.77. The molecular formula is C24H27N3O2. The molecule has 1 atom stereocenters. The van der Waals surface area contributed by atoms with E-state index < -0.39 is 0 Å². The Kier molecular flexibility index (Phi) is 4.99. The van der Waals surface area contributed by atoms with Crippen molar-refractivity contribution in [2.75, 3.05) is 0 Å². The minimum Gasteiger partial charge on any atom is -0.337 e. The van der Waals surface area contributed by atoms with Crippen LogP contribution in [0.3, 0.4) is 0 Å². The van der Waals surface area contributed by atoms with Gasteiger partial charge in [0.15, 0.2) is 0 Å². The second kappa shape index (κ2) is 7.47. The highest BCUT2D eigenvalue weighted by atomic mass is 16.5. The van der Waals surface area contributed by atoms with Crippen molar-refractivity contribution in [3.05, 3.63) is 71.1 Å². The summed E-state index contributed by atoms with van der Waals surface area (Å²) in [5.41, 5.74) is 4.57. The molecule has 150 valence electrons. The number of likely N-dealkylation sites (tertiary alicyclic amines) is 1. The smallest absolute Gasteiger partial charge is 0.249 e. The first kappa shape index (κ1) is 19.4. The van der Waals surface area contributed by atoms with E-state index >= 15 is 0 Å². The van der Waals surface area contributed by atoms with Crippen molar-refractivity contribution >= 4 is 5.91 Å². The molecule has 1 aliphatic heterocycles. The van der Waals surface area contributed by atoms with Gasteiger partial charge >= 0.3 is 0 Å². The third-order valence-electron chi connectivity index (χ3n) is 5.50. The molecule has 0 spiro atoms. The highest BCUT2D eigenvalue weighted by molar-refractivity contribution is 5.78. The minimum absolute atomic E-state index is 0.112. The second-order valence-electron chi connectivity index (χ2n) is 8.85. The molecule has 4 rings (SSSR count). The van der Waals surface area contributed by atoms with Crippen molar-refractivity contribution in [2.24, 2.45) is 0 Å². The summed E-state index contributed by atoms with van der Waals surface area (Å²) in [6.45, 7) is 9.18. The molecule has 2 heterocycles. The van der Waals surface area contributed by atoms with Gasteiger partial charge in [-0.3, -0.25) is 4.79 Å². The predicted molar refractivity (Wildman–Crippen MR) is 112 cm³/mol. The summed E-state index contributed by atoms with van der Waals surface area (Å²) in [5, 5.41) is 4.15. The first-order valence-corrected chi connectivity index (χ1v) is 10.1. The Hall–Kier alpha value is -2.95. The van der Waals surface area contributed by atoms with Gasteiger partial charge in [0, 0.05) is 18.5 Å². The van der Waals surface area contributed by atoms with E-state index in [4.69, 9.17) is 4.52 Å². The van der Waals surface area contributed by atoms with Gasteiger partial charge in [-0.2, -0.15) is 4.98 Å². The Morgan fingerprint density at radius 1 is 1.14 bits per heavy atom. The van der Waals surface area contributed by atoms with Crippen molar-refractivity contribution in [1.29, 1.82) is 0 Å². The minimum atomic E-state index is -0.171. The van der Waals surface area contributed by atoms with Crippen LogP contribution in [-0.2, 0) is 16.8 Å². The largest absolute Gasteiger partial charge is 0.337 e. The maximum absolute atomic E-state index is 12.5. The lowest BCUT2D eigenvalue weighted by Gasteiger charge is -2.23. The average molecular weight is 389 g/mol. The van der Waals surface area contributed by atoms with Crippen LogP contribution in [0, 0.1) is 6.92 Å². The molecular weight excluding hydrogens is 362 g/mol. The quantitative estimate of drug-likeness (QED) is 0.615. The Bertz CT molecular complexity index is 1020. The number of aryl methyl sites for hydroxylation is 1. The fourth-order valence-electron chi connectivity index (χ4n) is 3.77. The van der Waals surface area contributed by atoms with E-state index in [1.54, 1.807) is 0 Å². The molecule has 1 unspecified atom stereocenters. The highest BCUT2D eigenvalue weighted by Gasteiger charge is 2.36. The highest BCUT2D eigenvalue weighted by Crippen LogP contribution is 2.34. The lowest BCUT2D eigenvalue weighted by atomic mass is 9.87. The first-order valence-electron chi connectivity index (χ1n) is 10.1. The zero-order chi connectivity index (χ0) is 20.6. The molecule has 0 aliphatic carbocycles. The SMILES string of the molecule is Cc1cccc(-c2noc(C3CCC(=O)N3Cc3ccc(C(C)(C)C)cc3)n2)c1. The van der Waals surface area contributed by atoms with Crippen LogP contribution in [0.5, 0.6) is 0 Å². The first-order chi connectivity index (χ1) is 13.8. The van der Waals surface area contributed by atoms with Crippen LogP contribution < -0.4 is 0 Å². The Balaban J connectivity index is 1.54. The number of benzene rings is 2. The van der Waals surface area contributed by atoms with Gasteiger partial charge in [-0.05, 0) is 36.0 Å². The van der Waals surface area contributed by atoms with Gasteiger partial charge in [-0.15, -0.1) is 0 Å². The molecule has 0 radical (unpaired) electrons. The van der Waals surface area contributed by atoms with Gasteiger partial charge in [0.25, 0.3) is 0 Å². The van der Waals surface area contributed by atoms with Crippen LogP contribution in [0.4, 0.5) is 0 Å². The van der Waals surface area contributed by atoms with Crippen LogP contribution in [0.2, 0.25) is 0 Å². The van der Waals surface area contributed by atoms with E-state index in [1.165, 1.54) is 5.56 Å². The van der Waals surface area contributed by atoms with Crippen molar-refractivity contribution in [3.63, 3.8) is 0 Å². The number of aromatic nitrogens is 2. The number of nitrogens with zero attached hydrogens (tertiary/aromatic N) is 3. The summed E-state index contributed by atoms with van der Waals surface area (Å²) >= 11 is 0. The number of rotatable bonds is 4. The van der Waals surface area contributed by atoms with Gasteiger partial charge in [-0.25, -0.2) is 0 Å². The molecule has 29 heavy (non-hydrogen) atoms. The molecule has 1 amide bonds. The van der Waals surface area contributed by atoms with Crippen molar-refractivity contribution in [2.45, 2.75) is 58.5 Å². The Labute approximate surface area is 171 Å². The Morgan fingerprint density at radius 2 is 1.90 bits per heavy atom. The van der Waals surface area contributed by atoms with Gasteiger partial charge in [0.05, 0.1) is 0 Å². The summed E-state index contributed by atoms with van der Waals surface area (Å²) in [4.78, 5) is 19.0. The summed E-state index contributed by atoms with van der Waals surface area (Å²) in [7, 11) is 0. The molecule has 1 aromatic heterocycles. The molecule has 1 saturated heterocycles. The van der Waals surface area contributed by atoms with Crippen LogP contribution >= 0.6 is 0 Å². The summed E-state index contributed by atoms with van der Waals surface area (Å²) < 4.78 is 5.57. The normalized spacial score (nSPS) is 17.2. The predicted octanol–water partition coefficient (Wildman–Crippen LogP) is 5.21. The maximum Gasteiger partial charge on any atom is 0.249 e. The van der Waals surface area contributed by atoms with Crippen molar-refractivity contribution < 1.29 is 9.32 Å². The van der Waals surface area contributed by atoms with Gasteiger partial charge in [0.2, 0.25) is 17.6 Å². The molecule has 1 fully saturated rings. The van der Waals surface area contributed by atoms with Crippen LogP contribution in [0.15, 0.2) is 53.1 Å². The zero-order valence-electron chi connectivity index (χ0n) is 17.5. The summed E-state index contributed by atoms with van der Waals surface area (Å²) in [5.74, 6) is 1.21. The Morgan fingerprint density at radius 3 is 2.59 bits per heavy atom. The zero-order valence-corrected chi connectivity index (χ0v) is 17.5. The molecule has 1 aliphatic rings. The molecule has 5 nitrogen and oxygen atoms in total. The van der Waals surface area contributed by atoms with Crippen molar-refractivity contribution in [1.82, 2.24) is 15.0 Å². The molecule has 0 N–H and O–H groups in total. The number of amides is 1. The van der Waals surface area contributed by atoms with Crippen LogP contribution in [0.25, 0.3) is 11.4 Å². The van der Waals surface area contributed by atoms with E-state index in [0.717, 1.165) is 16.7 Å².